The highest BCUT2D eigenvalue weighted by Gasteiger charge is 2.52. The maximum Gasteiger partial charge on any atom is 0.240 e. The number of aliphatic hydroxyl groups is 1. The molecule has 0 radical (unpaired) electrons. The number of nitrogens with one attached hydrogen (secondary N) is 1. The van der Waals surface area contributed by atoms with Crippen LogP contribution in [-0.4, -0.2) is 47.8 Å². The fraction of sp³-hybridized carbons (Fsp3) is 0.600. The van der Waals surface area contributed by atoms with E-state index in [1.54, 1.807) is 0 Å². The van der Waals surface area contributed by atoms with Crippen LogP contribution in [-0.2, 0) is 4.79 Å². The second kappa shape index (κ2) is 6.57. The predicted octanol–water partition coefficient (Wildman–Crippen LogP) is 1.76. The summed E-state index contributed by atoms with van der Waals surface area (Å²) >= 11 is 0. The summed E-state index contributed by atoms with van der Waals surface area (Å²) in [7, 11) is 0. The number of rotatable bonds is 4. The molecule has 1 spiro atoms. The van der Waals surface area contributed by atoms with Gasteiger partial charge in [0.15, 0.2) is 0 Å². The molecular weight excluding hydrogens is 330 g/mol. The zero-order valence-corrected chi connectivity index (χ0v) is 14.9. The number of benzene rings is 1. The Morgan fingerprint density at radius 2 is 2.04 bits per heavy atom. The molecule has 6 nitrogen and oxygen atoms in total. The third-order valence-electron chi connectivity index (χ3n) is 6.08. The van der Waals surface area contributed by atoms with Crippen LogP contribution in [0.4, 0.5) is 0 Å². The van der Waals surface area contributed by atoms with Gasteiger partial charge in [0.05, 0.1) is 18.7 Å². The van der Waals surface area contributed by atoms with Crippen LogP contribution in [0.15, 0.2) is 24.3 Å². The molecule has 6 heteroatoms. The number of β-amino-alcohol motifs (C(OH)–C–C–N with tert-alkyl or cyclic N) is 1. The molecular formula is C20H25N3O3. The lowest BCUT2D eigenvalue weighted by Gasteiger charge is -2.47. The van der Waals surface area contributed by atoms with E-state index in [2.05, 4.69) is 16.3 Å². The molecule has 26 heavy (non-hydrogen) atoms. The summed E-state index contributed by atoms with van der Waals surface area (Å²) in [5, 5.41) is 21.6. The molecule has 1 atom stereocenters. The van der Waals surface area contributed by atoms with Crippen LogP contribution >= 0.6 is 0 Å². The Morgan fingerprint density at radius 3 is 2.69 bits per heavy atom. The normalized spacial score (nSPS) is 25.6. The van der Waals surface area contributed by atoms with E-state index in [0.717, 1.165) is 43.7 Å². The number of carbonyl (C=O) groups is 1. The number of para-hydroxylation sites is 1. The van der Waals surface area contributed by atoms with Crippen molar-refractivity contribution in [3.8, 4) is 11.8 Å². The van der Waals surface area contributed by atoms with E-state index in [-0.39, 0.29) is 24.2 Å². The molecule has 1 saturated carbocycles. The molecule has 1 aromatic carbocycles. The summed E-state index contributed by atoms with van der Waals surface area (Å²) in [5.41, 5.74) is -0.106. The van der Waals surface area contributed by atoms with E-state index in [4.69, 9.17) is 9.84 Å². The highest BCUT2D eigenvalue weighted by atomic mass is 16.5. The maximum atomic E-state index is 12.6. The molecule has 1 amide bonds. The van der Waals surface area contributed by atoms with Crippen molar-refractivity contribution in [1.29, 1.82) is 5.26 Å². The maximum absolute atomic E-state index is 12.6. The third kappa shape index (κ3) is 3.06. The summed E-state index contributed by atoms with van der Waals surface area (Å²) in [5.74, 6) is 0.691. The highest BCUT2D eigenvalue weighted by molar-refractivity contribution is 5.88. The first-order chi connectivity index (χ1) is 12.6. The molecule has 0 aromatic heterocycles. The van der Waals surface area contributed by atoms with Gasteiger partial charge >= 0.3 is 0 Å². The minimum absolute atomic E-state index is 0.123. The Hall–Kier alpha value is -2.10. The fourth-order valence-corrected chi connectivity index (χ4v) is 4.19. The zero-order chi connectivity index (χ0) is 18.2. The number of piperidine rings is 1. The van der Waals surface area contributed by atoms with Gasteiger partial charge in [-0.3, -0.25) is 4.79 Å². The first-order valence-corrected chi connectivity index (χ1v) is 9.43. The lowest BCUT2D eigenvalue weighted by Crippen LogP contribution is -2.53. The number of hydrogen-bond donors (Lipinski definition) is 2. The molecule has 0 bridgehead atoms. The Balaban J connectivity index is 1.54. The van der Waals surface area contributed by atoms with Crippen molar-refractivity contribution < 1.29 is 14.6 Å². The molecule has 2 heterocycles. The average Bonchev–Trinajstić information content (AvgIpc) is 3.45. The second-order valence-electron chi connectivity index (χ2n) is 7.81. The van der Waals surface area contributed by atoms with Crippen LogP contribution < -0.4 is 10.1 Å². The van der Waals surface area contributed by atoms with E-state index < -0.39 is 5.41 Å². The standard InChI is InChI=1S/C20H25N3O3/c21-14-19(5-6-19)18(25)22-16-13-20(7-9-23(10-8-20)11-12-24)26-17-4-2-1-3-15(16)17/h1-4,16,24H,5-13H2,(H,22,25). The van der Waals surface area contributed by atoms with Crippen LogP contribution in [0.1, 0.15) is 43.7 Å². The van der Waals surface area contributed by atoms with E-state index >= 15 is 0 Å². The lowest BCUT2D eigenvalue weighted by atomic mass is 9.80. The number of ether oxygens (including phenoxy) is 1. The van der Waals surface area contributed by atoms with Gasteiger partial charge in [0.25, 0.3) is 0 Å². The Kier molecular flexibility index (Phi) is 4.37. The summed E-state index contributed by atoms with van der Waals surface area (Å²) < 4.78 is 6.42. The van der Waals surface area contributed by atoms with Crippen molar-refractivity contribution in [2.24, 2.45) is 5.41 Å². The SMILES string of the molecule is N#CC1(C(=O)NC2CC3(CCN(CCO)CC3)Oc3ccccc32)CC1. The van der Waals surface area contributed by atoms with Gasteiger partial charge in [-0.05, 0) is 31.7 Å². The van der Waals surface area contributed by atoms with Crippen LogP contribution in [0.5, 0.6) is 5.75 Å². The number of nitriles is 1. The average molecular weight is 355 g/mol. The van der Waals surface area contributed by atoms with Gasteiger partial charge in [-0.15, -0.1) is 0 Å². The van der Waals surface area contributed by atoms with Crippen molar-refractivity contribution in [2.45, 2.75) is 43.7 Å². The second-order valence-corrected chi connectivity index (χ2v) is 7.81. The van der Waals surface area contributed by atoms with Crippen LogP contribution in [0.2, 0.25) is 0 Å². The molecule has 2 fully saturated rings. The topological polar surface area (TPSA) is 85.6 Å². The first kappa shape index (κ1) is 17.3. The van der Waals surface area contributed by atoms with E-state index in [0.29, 0.717) is 19.4 Å². The number of nitrogens with zero attached hydrogens (tertiary/aromatic N) is 2. The van der Waals surface area contributed by atoms with Crippen LogP contribution in [0.3, 0.4) is 0 Å². The molecule has 1 aliphatic carbocycles. The Labute approximate surface area is 153 Å². The minimum atomic E-state index is -0.815. The predicted molar refractivity (Wildman–Crippen MR) is 95.3 cm³/mol. The van der Waals surface area contributed by atoms with E-state index in [1.807, 2.05) is 24.3 Å². The van der Waals surface area contributed by atoms with Gasteiger partial charge in [-0.25, -0.2) is 0 Å². The molecule has 1 saturated heterocycles. The van der Waals surface area contributed by atoms with Crippen molar-refractivity contribution in [3.63, 3.8) is 0 Å². The number of amides is 1. The highest BCUT2D eigenvalue weighted by Crippen LogP contribution is 2.48. The van der Waals surface area contributed by atoms with Crippen LogP contribution in [0, 0.1) is 16.7 Å². The molecule has 1 unspecified atom stereocenters. The van der Waals surface area contributed by atoms with Gasteiger partial charge in [-0.1, -0.05) is 18.2 Å². The monoisotopic (exact) mass is 355 g/mol. The lowest BCUT2D eigenvalue weighted by molar-refractivity contribution is -0.126. The number of likely N-dealkylation sites (tertiary alicyclic amines) is 1. The van der Waals surface area contributed by atoms with Gasteiger partial charge in [0.2, 0.25) is 5.91 Å². The molecule has 1 aromatic rings. The van der Waals surface area contributed by atoms with Crippen molar-refractivity contribution in [2.75, 3.05) is 26.2 Å². The largest absolute Gasteiger partial charge is 0.487 e. The third-order valence-corrected chi connectivity index (χ3v) is 6.08. The van der Waals surface area contributed by atoms with Crippen molar-refractivity contribution in [1.82, 2.24) is 10.2 Å². The van der Waals surface area contributed by atoms with Crippen molar-refractivity contribution in [3.05, 3.63) is 29.8 Å². The summed E-state index contributed by atoms with van der Waals surface area (Å²) in [6, 6.07) is 9.94. The van der Waals surface area contributed by atoms with Gasteiger partial charge in [0.1, 0.15) is 16.8 Å². The molecule has 138 valence electrons. The quantitative estimate of drug-likeness (QED) is 0.860. The van der Waals surface area contributed by atoms with E-state index in [9.17, 15) is 10.1 Å². The summed E-state index contributed by atoms with van der Waals surface area (Å²) in [4.78, 5) is 14.9. The first-order valence-electron chi connectivity index (χ1n) is 9.43. The van der Waals surface area contributed by atoms with E-state index in [1.165, 1.54) is 0 Å². The Bertz CT molecular complexity index is 730. The molecule has 2 aliphatic heterocycles. The minimum Gasteiger partial charge on any atom is -0.487 e. The zero-order valence-electron chi connectivity index (χ0n) is 14.9. The fourth-order valence-electron chi connectivity index (χ4n) is 4.19. The number of fused-ring (bicyclic) bond motifs is 1. The molecule has 3 aliphatic rings. The van der Waals surface area contributed by atoms with Gasteiger partial charge < -0.3 is 20.1 Å². The smallest absolute Gasteiger partial charge is 0.240 e. The number of aliphatic hydroxyl groups excluding tert-OH is 1. The van der Waals surface area contributed by atoms with Crippen molar-refractivity contribution >= 4 is 5.91 Å². The summed E-state index contributed by atoms with van der Waals surface area (Å²) in [6.07, 6.45) is 3.78. The van der Waals surface area contributed by atoms with Gasteiger partial charge in [-0.2, -0.15) is 5.26 Å². The molecule has 2 N–H and O–H groups in total. The van der Waals surface area contributed by atoms with Crippen LogP contribution in [0.25, 0.3) is 0 Å². The Morgan fingerprint density at radius 1 is 1.31 bits per heavy atom. The number of carbonyl (C=O) groups excluding carboxylic acids is 1. The molecule has 4 rings (SSSR count). The van der Waals surface area contributed by atoms with Gasteiger partial charge in [0, 0.05) is 31.6 Å². The summed E-state index contributed by atoms with van der Waals surface area (Å²) in [6.45, 7) is 2.63. The number of hydrogen-bond acceptors (Lipinski definition) is 5.